The molecule has 0 saturated carbocycles. The summed E-state index contributed by atoms with van der Waals surface area (Å²) in [6.45, 7) is 8.41. The molecule has 0 spiro atoms. The highest BCUT2D eigenvalue weighted by molar-refractivity contribution is 5.72. The average Bonchev–Trinajstić information content (AvgIpc) is 2.56. The molecule has 1 heterocycles. The van der Waals surface area contributed by atoms with Crippen LogP contribution in [0.15, 0.2) is 30.2 Å². The maximum absolute atomic E-state index is 13.8. The van der Waals surface area contributed by atoms with Crippen LogP contribution in [0.25, 0.3) is 5.57 Å². The molecule has 0 bridgehead atoms. The molecular weight excluding hydrogens is 221 g/mol. The summed E-state index contributed by atoms with van der Waals surface area (Å²) in [6.07, 6.45) is 1.65. The molecule has 0 unspecified atom stereocenters. The minimum absolute atomic E-state index is 0.177. The van der Waals surface area contributed by atoms with Gasteiger partial charge in [-0.3, -0.25) is 4.79 Å². The molecule has 0 aliphatic rings. The van der Waals surface area contributed by atoms with E-state index in [-0.39, 0.29) is 6.54 Å². The van der Waals surface area contributed by atoms with Gasteiger partial charge in [0.05, 0.1) is 5.69 Å². The molecule has 1 N–H and O–H groups in total. The lowest BCUT2D eigenvalue weighted by Crippen LogP contribution is -2.10. The van der Waals surface area contributed by atoms with E-state index in [4.69, 9.17) is 5.11 Å². The van der Waals surface area contributed by atoms with E-state index in [1.807, 2.05) is 6.92 Å². The van der Waals surface area contributed by atoms with E-state index in [0.29, 0.717) is 16.8 Å². The molecule has 0 amide bonds. The Morgan fingerprint density at radius 3 is 2.59 bits per heavy atom. The molecule has 4 heteroatoms. The van der Waals surface area contributed by atoms with Crippen molar-refractivity contribution in [2.24, 2.45) is 0 Å². The monoisotopic (exact) mass is 237 g/mol. The summed E-state index contributed by atoms with van der Waals surface area (Å²) in [6, 6.07) is 1.77. The first-order chi connectivity index (χ1) is 7.84. The first-order valence-corrected chi connectivity index (χ1v) is 5.24. The van der Waals surface area contributed by atoms with Gasteiger partial charge in [0.1, 0.15) is 12.4 Å². The van der Waals surface area contributed by atoms with Crippen LogP contribution in [0.1, 0.15) is 25.1 Å². The fourth-order valence-corrected chi connectivity index (χ4v) is 1.79. The van der Waals surface area contributed by atoms with Gasteiger partial charge in [-0.25, -0.2) is 4.39 Å². The van der Waals surface area contributed by atoms with E-state index in [1.54, 1.807) is 26.1 Å². The molecule has 1 aromatic heterocycles. The number of carboxylic acid groups (broad SMARTS) is 1. The zero-order valence-electron chi connectivity index (χ0n) is 10.2. The van der Waals surface area contributed by atoms with Crippen molar-refractivity contribution in [3.8, 4) is 0 Å². The number of hydrogen-bond acceptors (Lipinski definition) is 1. The summed E-state index contributed by atoms with van der Waals surface area (Å²) in [4.78, 5) is 10.7. The third-order valence-corrected chi connectivity index (χ3v) is 2.53. The topological polar surface area (TPSA) is 42.2 Å². The Labute approximate surface area is 99.9 Å². The second-order valence-corrected chi connectivity index (χ2v) is 4.09. The molecule has 1 rings (SSSR count). The number of aryl methyl sites for hydroxylation is 1. The average molecular weight is 237 g/mol. The summed E-state index contributed by atoms with van der Waals surface area (Å²) in [5, 5.41) is 8.78. The number of aliphatic carboxylic acids is 1. The molecule has 0 saturated heterocycles. The highest BCUT2D eigenvalue weighted by atomic mass is 19.1. The van der Waals surface area contributed by atoms with Crippen molar-refractivity contribution in [1.29, 1.82) is 0 Å². The van der Waals surface area contributed by atoms with Crippen molar-refractivity contribution in [2.75, 3.05) is 0 Å². The van der Waals surface area contributed by atoms with E-state index >= 15 is 0 Å². The third kappa shape index (κ3) is 2.84. The van der Waals surface area contributed by atoms with Gasteiger partial charge in [-0.2, -0.15) is 0 Å². The molecule has 0 atom stereocenters. The van der Waals surface area contributed by atoms with Gasteiger partial charge in [0.15, 0.2) is 0 Å². The predicted molar refractivity (Wildman–Crippen MR) is 65.3 cm³/mol. The first kappa shape index (κ1) is 13.2. The number of nitrogens with zero attached hydrogens (tertiary/aromatic N) is 1. The number of carboxylic acids is 1. The Balaban J connectivity index is 3.30. The van der Waals surface area contributed by atoms with Crippen molar-refractivity contribution in [3.63, 3.8) is 0 Å². The number of halogens is 1. The Morgan fingerprint density at radius 1 is 1.53 bits per heavy atom. The van der Waals surface area contributed by atoms with Crippen LogP contribution in [-0.2, 0) is 11.3 Å². The maximum Gasteiger partial charge on any atom is 0.323 e. The highest BCUT2D eigenvalue weighted by Gasteiger charge is 2.14. The van der Waals surface area contributed by atoms with Gasteiger partial charge in [0.25, 0.3) is 0 Å². The van der Waals surface area contributed by atoms with Crippen LogP contribution in [0, 0.1) is 6.92 Å². The fourth-order valence-electron chi connectivity index (χ4n) is 1.79. The van der Waals surface area contributed by atoms with E-state index in [9.17, 15) is 9.18 Å². The van der Waals surface area contributed by atoms with Gasteiger partial charge >= 0.3 is 5.97 Å². The molecule has 0 aliphatic carbocycles. The van der Waals surface area contributed by atoms with Gasteiger partial charge in [0, 0.05) is 11.8 Å². The lowest BCUT2D eigenvalue weighted by atomic mass is 10.1. The molecule has 3 nitrogen and oxygen atoms in total. The van der Waals surface area contributed by atoms with Crippen LogP contribution >= 0.6 is 0 Å². The second kappa shape index (κ2) is 4.99. The standard InChI is InChI=1S/C13H16FNO2/c1-8(2)12(14)10(4)13-9(3)5-6-15(13)7-11(16)17/h5-6H,1,7H2,2-4H3,(H,16,17)/b12-10+. The van der Waals surface area contributed by atoms with Crippen molar-refractivity contribution in [1.82, 2.24) is 4.57 Å². The van der Waals surface area contributed by atoms with E-state index < -0.39 is 11.8 Å². The minimum Gasteiger partial charge on any atom is -0.480 e. The summed E-state index contributed by atoms with van der Waals surface area (Å²) in [5.41, 5.74) is 2.21. The third-order valence-electron chi connectivity index (χ3n) is 2.53. The van der Waals surface area contributed by atoms with Crippen LogP contribution in [-0.4, -0.2) is 15.6 Å². The Bertz CT molecular complexity index is 498. The maximum atomic E-state index is 13.8. The largest absolute Gasteiger partial charge is 0.480 e. The normalized spacial score (nSPS) is 12.2. The molecule has 92 valence electrons. The zero-order chi connectivity index (χ0) is 13.2. The van der Waals surface area contributed by atoms with Gasteiger partial charge in [0.2, 0.25) is 0 Å². The molecular formula is C13H16FNO2. The van der Waals surface area contributed by atoms with Crippen molar-refractivity contribution < 1.29 is 14.3 Å². The van der Waals surface area contributed by atoms with Crippen molar-refractivity contribution >= 4 is 11.5 Å². The molecule has 17 heavy (non-hydrogen) atoms. The van der Waals surface area contributed by atoms with Gasteiger partial charge < -0.3 is 9.67 Å². The first-order valence-electron chi connectivity index (χ1n) is 5.24. The van der Waals surface area contributed by atoms with Crippen LogP contribution in [0.2, 0.25) is 0 Å². The van der Waals surface area contributed by atoms with Crippen molar-refractivity contribution in [2.45, 2.75) is 27.3 Å². The lowest BCUT2D eigenvalue weighted by molar-refractivity contribution is -0.137. The van der Waals surface area contributed by atoms with Crippen LogP contribution in [0.3, 0.4) is 0 Å². The number of allylic oxidation sites excluding steroid dienone is 3. The highest BCUT2D eigenvalue weighted by Crippen LogP contribution is 2.26. The quantitative estimate of drug-likeness (QED) is 0.817. The van der Waals surface area contributed by atoms with Crippen LogP contribution in [0.4, 0.5) is 4.39 Å². The minimum atomic E-state index is -0.953. The molecule has 0 aromatic carbocycles. The van der Waals surface area contributed by atoms with Gasteiger partial charge in [-0.1, -0.05) is 6.58 Å². The Kier molecular flexibility index (Phi) is 3.89. The summed E-state index contributed by atoms with van der Waals surface area (Å²) < 4.78 is 15.3. The SMILES string of the molecule is C=C(C)/C(F)=C(/C)c1c(C)ccn1CC(=O)O. The summed E-state index contributed by atoms with van der Waals surface area (Å²) in [5.74, 6) is -1.34. The van der Waals surface area contributed by atoms with Crippen LogP contribution in [0.5, 0.6) is 0 Å². The van der Waals surface area contributed by atoms with Gasteiger partial charge in [-0.05, 0) is 38.0 Å². The number of rotatable bonds is 4. The van der Waals surface area contributed by atoms with Crippen LogP contribution < -0.4 is 0 Å². The van der Waals surface area contributed by atoms with E-state index in [2.05, 4.69) is 6.58 Å². The second-order valence-electron chi connectivity index (χ2n) is 4.09. The van der Waals surface area contributed by atoms with E-state index in [0.717, 1.165) is 5.56 Å². The molecule has 0 fully saturated rings. The predicted octanol–water partition coefficient (Wildman–Crippen LogP) is 3.16. The summed E-state index contributed by atoms with van der Waals surface area (Å²) >= 11 is 0. The zero-order valence-corrected chi connectivity index (χ0v) is 10.2. The molecule has 0 radical (unpaired) electrons. The smallest absolute Gasteiger partial charge is 0.323 e. The Hall–Kier alpha value is -1.84. The number of aromatic nitrogens is 1. The van der Waals surface area contributed by atoms with Crippen molar-refractivity contribution in [3.05, 3.63) is 41.5 Å². The fraction of sp³-hybridized carbons (Fsp3) is 0.308. The Morgan fingerprint density at radius 2 is 2.12 bits per heavy atom. The lowest BCUT2D eigenvalue weighted by Gasteiger charge is -2.10. The number of carbonyl (C=O) groups is 1. The summed E-state index contributed by atoms with van der Waals surface area (Å²) in [7, 11) is 0. The van der Waals surface area contributed by atoms with E-state index in [1.165, 1.54) is 4.57 Å². The van der Waals surface area contributed by atoms with Gasteiger partial charge in [-0.15, -0.1) is 0 Å². The molecule has 1 aromatic rings. The molecule has 0 aliphatic heterocycles. The number of hydrogen-bond donors (Lipinski definition) is 1.